The van der Waals surface area contributed by atoms with Crippen LogP contribution in [0.1, 0.15) is 26.2 Å². The van der Waals surface area contributed by atoms with E-state index in [0.29, 0.717) is 0 Å². The van der Waals surface area contributed by atoms with Crippen molar-refractivity contribution in [3.05, 3.63) is 7.05 Å². The van der Waals surface area contributed by atoms with Gasteiger partial charge < -0.3 is 0 Å². The molecule has 1 radical (unpaired) electrons. The largest absolute Gasteiger partial charge is 0.299 e. The van der Waals surface area contributed by atoms with Crippen LogP contribution in [0.15, 0.2) is 0 Å². The minimum atomic E-state index is 0.726. The van der Waals surface area contributed by atoms with Crippen LogP contribution in [-0.4, -0.2) is 17.5 Å². The quantitative estimate of drug-likeness (QED) is 0.460. The minimum Gasteiger partial charge on any atom is -0.299 e. The van der Waals surface area contributed by atoms with Gasteiger partial charge in [-0.05, 0) is 26.3 Å². The highest BCUT2D eigenvalue weighted by Gasteiger charge is 2.12. The lowest BCUT2D eigenvalue weighted by Crippen LogP contribution is -2.31. The average molecular weight is 112 g/mol. The number of piperidine rings is 1. The second kappa shape index (κ2) is 2.49. The molecule has 1 rings (SSSR count). The van der Waals surface area contributed by atoms with Crippen LogP contribution in [0.3, 0.4) is 0 Å². The third kappa shape index (κ3) is 1.22. The first-order valence-electron chi connectivity index (χ1n) is 3.38. The summed E-state index contributed by atoms with van der Waals surface area (Å²) in [7, 11) is 3.91. The molecule has 1 nitrogen and oxygen atoms in total. The van der Waals surface area contributed by atoms with Crippen LogP contribution < -0.4 is 0 Å². The van der Waals surface area contributed by atoms with E-state index in [2.05, 4.69) is 18.9 Å². The third-order valence-electron chi connectivity index (χ3n) is 1.94. The van der Waals surface area contributed by atoms with E-state index >= 15 is 0 Å². The molecular formula is C7H14N. The first-order chi connectivity index (χ1) is 3.80. The highest BCUT2D eigenvalue weighted by atomic mass is 15.1. The van der Waals surface area contributed by atoms with E-state index in [0.717, 1.165) is 6.04 Å². The molecule has 1 aliphatic rings. The summed E-state index contributed by atoms with van der Waals surface area (Å²) in [5, 5.41) is 0. The van der Waals surface area contributed by atoms with Crippen molar-refractivity contribution >= 4 is 0 Å². The molecule has 0 aromatic heterocycles. The zero-order valence-electron chi connectivity index (χ0n) is 5.56. The molecule has 0 N–H and O–H groups in total. The lowest BCUT2D eigenvalue weighted by atomic mass is 10.1. The first kappa shape index (κ1) is 6.09. The van der Waals surface area contributed by atoms with Gasteiger partial charge in [0.25, 0.3) is 0 Å². The Bertz CT molecular complexity index is 60.8. The molecule has 8 heavy (non-hydrogen) atoms. The molecule has 47 valence electrons. The summed E-state index contributed by atoms with van der Waals surface area (Å²) in [5.74, 6) is 0. The first-order valence-corrected chi connectivity index (χ1v) is 3.38. The van der Waals surface area contributed by atoms with Gasteiger partial charge in [-0.25, -0.2) is 0 Å². The summed E-state index contributed by atoms with van der Waals surface area (Å²) in [5.41, 5.74) is 0. The molecule has 0 unspecified atom stereocenters. The average Bonchev–Trinajstić information content (AvgIpc) is 1.77. The van der Waals surface area contributed by atoms with Gasteiger partial charge in [-0.2, -0.15) is 0 Å². The summed E-state index contributed by atoms with van der Waals surface area (Å²) in [4.78, 5) is 2.18. The fraction of sp³-hybridized carbons (Fsp3) is 0.857. The van der Waals surface area contributed by atoms with Crippen molar-refractivity contribution in [1.29, 1.82) is 0 Å². The van der Waals surface area contributed by atoms with Crippen LogP contribution in [-0.2, 0) is 0 Å². The van der Waals surface area contributed by atoms with Gasteiger partial charge in [0, 0.05) is 13.1 Å². The van der Waals surface area contributed by atoms with Crippen LogP contribution in [0, 0.1) is 7.05 Å². The number of rotatable bonds is 0. The molecule has 1 aliphatic heterocycles. The standard InChI is InChI=1S/C7H14N/c1-7-5-3-4-6-8(7)2/h7H,2-6H2,1H3/t7-/m0/s1. The van der Waals surface area contributed by atoms with E-state index in [-0.39, 0.29) is 0 Å². The second-order valence-corrected chi connectivity index (χ2v) is 2.66. The van der Waals surface area contributed by atoms with Gasteiger partial charge >= 0.3 is 0 Å². The molecule has 1 saturated heterocycles. The Labute approximate surface area is 51.7 Å². The normalized spacial score (nSPS) is 33.0. The maximum absolute atomic E-state index is 3.91. The SMILES string of the molecule is [CH2]N1CCCC[C@@H]1C. The molecule has 1 heteroatoms. The minimum absolute atomic E-state index is 0.726. The number of likely N-dealkylation sites (tertiary alicyclic amines) is 1. The lowest BCUT2D eigenvalue weighted by molar-refractivity contribution is 0.225. The maximum Gasteiger partial charge on any atom is 0.0112 e. The number of hydrogen-bond donors (Lipinski definition) is 0. The molecular weight excluding hydrogens is 98.1 g/mol. The van der Waals surface area contributed by atoms with Gasteiger partial charge in [0.05, 0.1) is 0 Å². The lowest BCUT2D eigenvalue weighted by Gasteiger charge is -2.28. The zero-order valence-corrected chi connectivity index (χ0v) is 5.56. The molecule has 0 aromatic rings. The number of nitrogens with zero attached hydrogens (tertiary/aromatic N) is 1. The van der Waals surface area contributed by atoms with E-state index < -0.39 is 0 Å². The monoisotopic (exact) mass is 112 g/mol. The molecule has 1 atom stereocenters. The summed E-state index contributed by atoms with van der Waals surface area (Å²) in [6.07, 6.45) is 4.07. The Morgan fingerprint density at radius 3 is 2.62 bits per heavy atom. The molecule has 1 fully saturated rings. The van der Waals surface area contributed by atoms with Gasteiger partial charge in [0.1, 0.15) is 0 Å². The third-order valence-corrected chi connectivity index (χ3v) is 1.94. The molecule has 0 amide bonds. The van der Waals surface area contributed by atoms with Crippen LogP contribution in [0.2, 0.25) is 0 Å². The van der Waals surface area contributed by atoms with Gasteiger partial charge in [0.15, 0.2) is 0 Å². The molecule has 0 aliphatic carbocycles. The van der Waals surface area contributed by atoms with Crippen molar-refractivity contribution < 1.29 is 0 Å². The van der Waals surface area contributed by atoms with E-state index in [1.807, 2.05) is 0 Å². The van der Waals surface area contributed by atoms with Crippen LogP contribution in [0.25, 0.3) is 0 Å². The van der Waals surface area contributed by atoms with E-state index in [9.17, 15) is 0 Å². The zero-order chi connectivity index (χ0) is 5.98. The highest BCUT2D eigenvalue weighted by Crippen LogP contribution is 2.13. The predicted molar refractivity (Wildman–Crippen MR) is 35.4 cm³/mol. The van der Waals surface area contributed by atoms with Crippen molar-refractivity contribution in [2.75, 3.05) is 6.54 Å². The number of hydrogen-bond acceptors (Lipinski definition) is 1. The van der Waals surface area contributed by atoms with E-state index in [1.54, 1.807) is 0 Å². The molecule has 0 aromatic carbocycles. The fourth-order valence-electron chi connectivity index (χ4n) is 1.16. The molecule has 0 spiro atoms. The molecule has 1 heterocycles. The van der Waals surface area contributed by atoms with Crippen LogP contribution >= 0.6 is 0 Å². The van der Waals surface area contributed by atoms with E-state index in [4.69, 9.17) is 0 Å². The Kier molecular flexibility index (Phi) is 1.90. The second-order valence-electron chi connectivity index (χ2n) is 2.66. The van der Waals surface area contributed by atoms with Gasteiger partial charge in [-0.1, -0.05) is 6.42 Å². The summed E-state index contributed by atoms with van der Waals surface area (Å²) in [6, 6.07) is 0.726. The predicted octanol–water partition coefficient (Wildman–Crippen LogP) is 1.65. The summed E-state index contributed by atoms with van der Waals surface area (Å²) >= 11 is 0. The van der Waals surface area contributed by atoms with E-state index in [1.165, 1.54) is 25.8 Å². The Morgan fingerprint density at radius 1 is 1.50 bits per heavy atom. The maximum atomic E-state index is 3.91. The Morgan fingerprint density at radius 2 is 2.25 bits per heavy atom. The smallest absolute Gasteiger partial charge is 0.0112 e. The fourth-order valence-corrected chi connectivity index (χ4v) is 1.16. The highest BCUT2D eigenvalue weighted by molar-refractivity contribution is 4.71. The topological polar surface area (TPSA) is 3.24 Å². The Balaban J connectivity index is 2.28. The van der Waals surface area contributed by atoms with Crippen LogP contribution in [0.5, 0.6) is 0 Å². The van der Waals surface area contributed by atoms with Crippen molar-refractivity contribution in [3.8, 4) is 0 Å². The van der Waals surface area contributed by atoms with Crippen molar-refractivity contribution in [1.82, 2.24) is 4.90 Å². The molecule has 0 bridgehead atoms. The molecule has 0 saturated carbocycles. The summed E-state index contributed by atoms with van der Waals surface area (Å²) < 4.78 is 0. The van der Waals surface area contributed by atoms with Crippen LogP contribution in [0.4, 0.5) is 0 Å². The van der Waals surface area contributed by atoms with Gasteiger partial charge in [-0.3, -0.25) is 4.90 Å². The van der Waals surface area contributed by atoms with Crippen molar-refractivity contribution in [3.63, 3.8) is 0 Å². The summed E-state index contributed by atoms with van der Waals surface area (Å²) in [6.45, 7) is 3.44. The van der Waals surface area contributed by atoms with Crippen molar-refractivity contribution in [2.45, 2.75) is 32.2 Å². The van der Waals surface area contributed by atoms with Gasteiger partial charge in [0.2, 0.25) is 0 Å². The Hall–Kier alpha value is -0.0400. The van der Waals surface area contributed by atoms with Crippen molar-refractivity contribution in [2.24, 2.45) is 0 Å². The van der Waals surface area contributed by atoms with Gasteiger partial charge in [-0.15, -0.1) is 0 Å².